The quantitative estimate of drug-likeness (QED) is 0.591. The first kappa shape index (κ1) is 20.1. The topological polar surface area (TPSA) is 32.7 Å². The highest BCUT2D eigenvalue weighted by atomic mass is 19.1. The second kappa shape index (κ2) is 10.0. The van der Waals surface area contributed by atoms with E-state index in [0.29, 0.717) is 19.6 Å². The summed E-state index contributed by atoms with van der Waals surface area (Å²) in [7, 11) is 0. The largest absolute Gasteiger partial charge is 0.491 e. The number of aliphatic hydroxyl groups is 1. The molecule has 3 nitrogen and oxygen atoms in total. The van der Waals surface area contributed by atoms with Gasteiger partial charge >= 0.3 is 0 Å². The first-order valence-corrected chi connectivity index (χ1v) is 9.47. The van der Waals surface area contributed by atoms with Gasteiger partial charge in [-0.2, -0.15) is 0 Å². The van der Waals surface area contributed by atoms with E-state index >= 15 is 0 Å². The van der Waals surface area contributed by atoms with Crippen molar-refractivity contribution in [3.8, 4) is 5.75 Å². The number of ether oxygens (including phenoxy) is 1. The molecule has 4 heteroatoms. The van der Waals surface area contributed by atoms with Gasteiger partial charge in [-0.15, -0.1) is 0 Å². The molecule has 3 aromatic carbocycles. The fourth-order valence-corrected chi connectivity index (χ4v) is 3.12. The van der Waals surface area contributed by atoms with Crippen molar-refractivity contribution in [2.24, 2.45) is 0 Å². The Labute approximate surface area is 166 Å². The van der Waals surface area contributed by atoms with Gasteiger partial charge in [-0.05, 0) is 47.9 Å². The van der Waals surface area contributed by atoms with Gasteiger partial charge < -0.3 is 9.84 Å². The molecule has 0 radical (unpaired) electrons. The molecule has 0 bridgehead atoms. The van der Waals surface area contributed by atoms with Crippen LogP contribution < -0.4 is 4.74 Å². The number of benzene rings is 3. The molecule has 0 aromatic heterocycles. The van der Waals surface area contributed by atoms with Crippen LogP contribution in [0.25, 0.3) is 0 Å². The number of para-hydroxylation sites is 1. The molecule has 3 aromatic rings. The van der Waals surface area contributed by atoms with E-state index in [-0.39, 0.29) is 12.4 Å². The Balaban J connectivity index is 1.65. The summed E-state index contributed by atoms with van der Waals surface area (Å²) in [6, 6.07) is 24.2. The molecule has 0 saturated heterocycles. The van der Waals surface area contributed by atoms with E-state index in [2.05, 4.69) is 24.0 Å². The lowest BCUT2D eigenvalue weighted by atomic mass is 10.1. The lowest BCUT2D eigenvalue weighted by Gasteiger charge is -2.26. The highest BCUT2D eigenvalue weighted by Gasteiger charge is 2.15. The smallest absolute Gasteiger partial charge is 0.123 e. The molecular formula is C24H26FNO2. The number of hydrogen-bond donors (Lipinski definition) is 1. The van der Waals surface area contributed by atoms with Crippen LogP contribution in [0.15, 0.2) is 78.9 Å². The van der Waals surface area contributed by atoms with E-state index in [0.717, 1.165) is 11.3 Å². The molecule has 0 aliphatic heterocycles. The molecule has 28 heavy (non-hydrogen) atoms. The van der Waals surface area contributed by atoms with Crippen LogP contribution in [0.2, 0.25) is 0 Å². The Morgan fingerprint density at radius 1 is 0.893 bits per heavy atom. The monoisotopic (exact) mass is 379 g/mol. The number of halogens is 1. The summed E-state index contributed by atoms with van der Waals surface area (Å²) >= 11 is 0. The van der Waals surface area contributed by atoms with E-state index in [4.69, 9.17) is 4.74 Å². The predicted octanol–water partition coefficient (Wildman–Crippen LogP) is 4.58. The van der Waals surface area contributed by atoms with Gasteiger partial charge in [0.2, 0.25) is 0 Å². The molecule has 0 aliphatic rings. The molecule has 0 spiro atoms. The van der Waals surface area contributed by atoms with Gasteiger partial charge in [-0.1, -0.05) is 54.6 Å². The molecule has 1 atom stereocenters. The zero-order chi connectivity index (χ0) is 19.8. The molecular weight excluding hydrogens is 353 g/mol. The second-order valence-corrected chi connectivity index (χ2v) is 7.00. The van der Waals surface area contributed by atoms with Gasteiger partial charge in [0.05, 0.1) is 0 Å². The molecule has 3 rings (SSSR count). The van der Waals surface area contributed by atoms with Gasteiger partial charge in [0.1, 0.15) is 24.3 Å². The summed E-state index contributed by atoms with van der Waals surface area (Å²) in [4.78, 5) is 2.16. The van der Waals surface area contributed by atoms with Crippen molar-refractivity contribution in [1.82, 2.24) is 4.90 Å². The number of nitrogens with zero attached hydrogens (tertiary/aromatic N) is 1. The maximum atomic E-state index is 13.2. The van der Waals surface area contributed by atoms with Crippen LogP contribution in [-0.4, -0.2) is 29.3 Å². The number of hydrogen-bond acceptors (Lipinski definition) is 3. The van der Waals surface area contributed by atoms with Crippen molar-refractivity contribution >= 4 is 0 Å². The van der Waals surface area contributed by atoms with E-state index in [1.54, 1.807) is 12.1 Å². The van der Waals surface area contributed by atoms with Crippen LogP contribution in [-0.2, 0) is 13.1 Å². The number of aryl methyl sites for hydroxylation is 1. The zero-order valence-electron chi connectivity index (χ0n) is 16.1. The molecule has 0 heterocycles. The summed E-state index contributed by atoms with van der Waals surface area (Å²) < 4.78 is 18.9. The number of aliphatic hydroxyl groups excluding tert-OH is 1. The highest BCUT2D eigenvalue weighted by molar-refractivity contribution is 5.26. The van der Waals surface area contributed by atoms with Crippen LogP contribution >= 0.6 is 0 Å². The summed E-state index contributed by atoms with van der Waals surface area (Å²) in [5, 5.41) is 10.5. The summed E-state index contributed by atoms with van der Waals surface area (Å²) in [5.74, 6) is 0.496. The first-order chi connectivity index (χ1) is 13.6. The summed E-state index contributed by atoms with van der Waals surface area (Å²) in [6.45, 7) is 4.08. The van der Waals surface area contributed by atoms with E-state index in [1.807, 2.05) is 42.5 Å². The van der Waals surface area contributed by atoms with Crippen LogP contribution in [0, 0.1) is 12.7 Å². The SMILES string of the molecule is Cc1ccccc1CN(Cc1ccc(F)cc1)C[C@@H](O)COc1ccccc1. The average Bonchev–Trinajstić information content (AvgIpc) is 2.71. The summed E-state index contributed by atoms with van der Waals surface area (Å²) in [5.41, 5.74) is 3.42. The van der Waals surface area contributed by atoms with Crippen molar-refractivity contribution in [1.29, 1.82) is 0 Å². The Morgan fingerprint density at radius 2 is 1.57 bits per heavy atom. The normalized spacial score (nSPS) is 12.1. The van der Waals surface area contributed by atoms with Crippen LogP contribution in [0.5, 0.6) is 5.75 Å². The summed E-state index contributed by atoms with van der Waals surface area (Å²) in [6.07, 6.45) is -0.635. The Kier molecular flexibility index (Phi) is 7.18. The minimum absolute atomic E-state index is 0.220. The van der Waals surface area contributed by atoms with Crippen LogP contribution in [0.3, 0.4) is 0 Å². The second-order valence-electron chi connectivity index (χ2n) is 7.00. The first-order valence-electron chi connectivity index (χ1n) is 9.47. The Bertz CT molecular complexity index is 852. The molecule has 0 unspecified atom stereocenters. The Hall–Kier alpha value is -2.69. The Morgan fingerprint density at radius 3 is 2.29 bits per heavy atom. The van der Waals surface area contributed by atoms with Crippen molar-refractivity contribution in [3.05, 3.63) is 101 Å². The third-order valence-electron chi connectivity index (χ3n) is 4.63. The van der Waals surface area contributed by atoms with Gasteiger partial charge in [-0.25, -0.2) is 4.39 Å². The van der Waals surface area contributed by atoms with Gasteiger partial charge in [0.15, 0.2) is 0 Å². The lowest BCUT2D eigenvalue weighted by Crippen LogP contribution is -2.35. The molecule has 0 fully saturated rings. The van der Waals surface area contributed by atoms with Gasteiger partial charge in [0.25, 0.3) is 0 Å². The van der Waals surface area contributed by atoms with Crippen molar-refractivity contribution < 1.29 is 14.2 Å². The third kappa shape index (κ3) is 6.19. The van der Waals surface area contributed by atoms with Crippen molar-refractivity contribution in [2.45, 2.75) is 26.1 Å². The van der Waals surface area contributed by atoms with Crippen molar-refractivity contribution in [2.75, 3.05) is 13.2 Å². The minimum Gasteiger partial charge on any atom is -0.491 e. The predicted molar refractivity (Wildman–Crippen MR) is 110 cm³/mol. The molecule has 0 aliphatic carbocycles. The maximum absolute atomic E-state index is 13.2. The average molecular weight is 379 g/mol. The van der Waals surface area contributed by atoms with E-state index in [9.17, 15) is 9.50 Å². The van der Waals surface area contributed by atoms with Crippen LogP contribution in [0.4, 0.5) is 4.39 Å². The fourth-order valence-electron chi connectivity index (χ4n) is 3.12. The van der Waals surface area contributed by atoms with Gasteiger partial charge in [-0.3, -0.25) is 4.90 Å². The standard InChI is InChI=1S/C24H26FNO2/c1-19-7-5-6-8-21(19)16-26(15-20-11-13-22(25)14-12-20)17-23(27)18-28-24-9-3-2-4-10-24/h2-14,23,27H,15-18H2,1H3/t23-/m1/s1. The molecule has 1 N–H and O–H groups in total. The van der Waals surface area contributed by atoms with Crippen LogP contribution in [0.1, 0.15) is 16.7 Å². The highest BCUT2D eigenvalue weighted by Crippen LogP contribution is 2.15. The molecule has 146 valence electrons. The lowest BCUT2D eigenvalue weighted by molar-refractivity contribution is 0.0628. The fraction of sp³-hybridized carbons (Fsp3) is 0.250. The zero-order valence-corrected chi connectivity index (χ0v) is 16.1. The minimum atomic E-state index is -0.635. The number of rotatable bonds is 9. The van der Waals surface area contributed by atoms with E-state index < -0.39 is 6.10 Å². The molecule has 0 saturated carbocycles. The van der Waals surface area contributed by atoms with E-state index in [1.165, 1.54) is 23.3 Å². The maximum Gasteiger partial charge on any atom is 0.123 e. The van der Waals surface area contributed by atoms with Crippen molar-refractivity contribution in [3.63, 3.8) is 0 Å². The third-order valence-corrected chi connectivity index (χ3v) is 4.63. The molecule has 0 amide bonds. The van der Waals surface area contributed by atoms with Gasteiger partial charge in [0, 0.05) is 19.6 Å².